The third kappa shape index (κ3) is 4.69. The highest BCUT2D eigenvalue weighted by Gasteiger charge is 2.71. The van der Waals surface area contributed by atoms with Gasteiger partial charge in [-0.25, -0.2) is 4.79 Å². The van der Waals surface area contributed by atoms with E-state index in [0.717, 1.165) is 38.5 Å². The number of carbonyl (C=O) groups is 3. The van der Waals surface area contributed by atoms with Gasteiger partial charge >= 0.3 is 11.9 Å². The Morgan fingerprint density at radius 1 is 1.00 bits per heavy atom. The molecule has 5 aliphatic rings. The summed E-state index contributed by atoms with van der Waals surface area (Å²) in [5.74, 6) is -0.302. The normalized spacial score (nSPS) is 39.3. The average Bonchev–Trinajstić information content (AvgIpc) is 2.98. The number of ketones is 1. The van der Waals surface area contributed by atoms with E-state index in [1.807, 2.05) is 0 Å². The largest absolute Gasteiger partial charge is 0.508 e. The predicted octanol–water partition coefficient (Wildman–Crippen LogP) is 7.97. The number of fused-ring (bicyclic) bond motifs is 7. The number of nitrogens with two attached hydrogens (primary N) is 1. The summed E-state index contributed by atoms with van der Waals surface area (Å²) in [7, 11) is 0. The maximum Gasteiger partial charge on any atom is 0.330 e. The van der Waals surface area contributed by atoms with E-state index in [4.69, 9.17) is 10.5 Å². The van der Waals surface area contributed by atoms with Gasteiger partial charge in [0.2, 0.25) is 0 Å². The summed E-state index contributed by atoms with van der Waals surface area (Å²) in [5, 5.41) is 20.7. The molecule has 1 aromatic carbocycles. The Kier molecular flexibility index (Phi) is 7.65. The first-order valence-corrected chi connectivity index (χ1v) is 17.3. The van der Waals surface area contributed by atoms with Gasteiger partial charge in [-0.2, -0.15) is 0 Å². The van der Waals surface area contributed by atoms with Crippen molar-refractivity contribution in [3.05, 3.63) is 41.5 Å². The second-order valence-electron chi connectivity index (χ2n) is 17.3. The summed E-state index contributed by atoms with van der Waals surface area (Å²) in [5.41, 5.74) is 6.31. The second kappa shape index (κ2) is 10.7. The van der Waals surface area contributed by atoms with Crippen molar-refractivity contribution in [1.29, 1.82) is 0 Å². The number of hydrogen-bond acceptors (Lipinski definition) is 6. The van der Waals surface area contributed by atoms with Gasteiger partial charge in [-0.1, -0.05) is 53.2 Å². The standard InChI is InChI=1S/C39H53NO6/c1-34(2)17-18-38(33(44)45)19-20-39(23-46-32(43)12-7-24-21-25(41)8-10-28(24)40)26(27(38)22-34)9-11-30-36(5)15-14-31(42)35(3,4)29(36)13-16-37(30,39)6/h7-10,12,21,27,29-30,41H,11,13-20,22-23,40H2,1-6H3,(H,44,45)/b12-7+/t27-,29-,30+,36-,37+,38-,39-/m0/s1. The molecule has 4 N–H and O–H groups in total. The molecule has 6 rings (SSSR count). The number of rotatable bonds is 5. The quantitative estimate of drug-likeness (QED) is 0.0989. The van der Waals surface area contributed by atoms with Gasteiger partial charge in [0.05, 0.1) is 5.41 Å². The molecule has 0 aromatic heterocycles. The molecule has 5 aliphatic carbocycles. The Hall–Kier alpha value is -3.09. The lowest BCUT2D eigenvalue weighted by atomic mass is 9.33. The summed E-state index contributed by atoms with van der Waals surface area (Å²) in [4.78, 5) is 39.7. The lowest BCUT2D eigenvalue weighted by Crippen LogP contribution is -2.66. The first-order chi connectivity index (χ1) is 21.4. The molecule has 1 aromatic rings. The zero-order chi connectivity index (χ0) is 33.5. The zero-order valence-electron chi connectivity index (χ0n) is 28.6. The number of hydrogen-bond donors (Lipinski definition) is 3. The van der Waals surface area contributed by atoms with Crippen molar-refractivity contribution < 1.29 is 29.3 Å². The fourth-order valence-electron chi connectivity index (χ4n) is 11.6. The lowest BCUT2D eigenvalue weighted by molar-refractivity contribution is -0.202. The van der Waals surface area contributed by atoms with E-state index in [2.05, 4.69) is 47.6 Å². The highest BCUT2D eigenvalue weighted by molar-refractivity contribution is 5.88. The average molecular weight is 632 g/mol. The highest BCUT2D eigenvalue weighted by Crippen LogP contribution is 2.75. The Morgan fingerprint density at radius 2 is 1.72 bits per heavy atom. The lowest BCUT2D eigenvalue weighted by Gasteiger charge is -2.70. The molecule has 0 saturated heterocycles. The summed E-state index contributed by atoms with van der Waals surface area (Å²) in [6.07, 6.45) is 13.1. The molecule has 250 valence electrons. The van der Waals surface area contributed by atoms with Gasteiger partial charge in [0, 0.05) is 34.6 Å². The van der Waals surface area contributed by atoms with Crippen molar-refractivity contribution in [3.8, 4) is 5.75 Å². The molecule has 0 radical (unpaired) electrons. The zero-order valence-corrected chi connectivity index (χ0v) is 28.6. The van der Waals surface area contributed by atoms with Crippen LogP contribution in [-0.2, 0) is 19.1 Å². The van der Waals surface area contributed by atoms with E-state index in [-0.39, 0.29) is 51.8 Å². The number of anilines is 1. The first kappa shape index (κ1) is 32.8. The number of carbonyl (C=O) groups excluding carboxylic acids is 2. The van der Waals surface area contributed by atoms with Crippen LogP contribution in [0.15, 0.2) is 35.9 Å². The number of ether oxygens (including phenoxy) is 1. The van der Waals surface area contributed by atoms with E-state index in [1.54, 1.807) is 12.1 Å². The number of phenolic OH excluding ortho intramolecular Hbond substituents is 1. The number of nitrogen functional groups attached to an aromatic ring is 1. The van der Waals surface area contributed by atoms with Crippen LogP contribution in [0.1, 0.15) is 111 Å². The van der Waals surface area contributed by atoms with Gasteiger partial charge in [-0.05, 0) is 116 Å². The van der Waals surface area contributed by atoms with Crippen molar-refractivity contribution in [3.63, 3.8) is 0 Å². The molecule has 0 aliphatic heterocycles. The summed E-state index contributed by atoms with van der Waals surface area (Å²) >= 11 is 0. The van der Waals surface area contributed by atoms with E-state index in [0.29, 0.717) is 42.7 Å². The van der Waals surface area contributed by atoms with E-state index in [9.17, 15) is 24.6 Å². The van der Waals surface area contributed by atoms with Gasteiger partial charge in [0.25, 0.3) is 0 Å². The van der Waals surface area contributed by atoms with Crippen LogP contribution in [0.5, 0.6) is 5.75 Å². The molecule has 0 heterocycles. The van der Waals surface area contributed by atoms with Crippen LogP contribution >= 0.6 is 0 Å². The number of esters is 1. The smallest absolute Gasteiger partial charge is 0.330 e. The van der Waals surface area contributed by atoms with Crippen LogP contribution in [0.25, 0.3) is 6.08 Å². The maximum absolute atomic E-state index is 13.4. The molecule has 7 nitrogen and oxygen atoms in total. The molecular weight excluding hydrogens is 578 g/mol. The number of benzene rings is 1. The molecular formula is C39H53NO6. The van der Waals surface area contributed by atoms with Gasteiger partial charge in [0.15, 0.2) is 0 Å². The molecule has 0 spiro atoms. The number of Topliss-reactive ketones (excluding diaryl/α,β-unsaturated/α-hetero) is 1. The van der Waals surface area contributed by atoms with Crippen LogP contribution in [0.4, 0.5) is 5.69 Å². The van der Waals surface area contributed by atoms with Crippen LogP contribution in [-0.4, -0.2) is 34.5 Å². The summed E-state index contributed by atoms with van der Waals surface area (Å²) in [6.45, 7) is 13.8. The number of carboxylic acid groups (broad SMARTS) is 1. The van der Waals surface area contributed by atoms with Crippen LogP contribution < -0.4 is 5.73 Å². The molecule has 4 fully saturated rings. The number of allylic oxidation sites excluding steroid dienone is 1. The molecule has 0 amide bonds. The van der Waals surface area contributed by atoms with Crippen LogP contribution in [0.3, 0.4) is 0 Å². The van der Waals surface area contributed by atoms with Gasteiger partial charge < -0.3 is 20.7 Å². The molecule has 7 atom stereocenters. The van der Waals surface area contributed by atoms with Gasteiger partial charge in [-0.15, -0.1) is 0 Å². The molecule has 0 unspecified atom stereocenters. The minimum atomic E-state index is -0.800. The van der Waals surface area contributed by atoms with Gasteiger partial charge in [0.1, 0.15) is 18.1 Å². The molecule has 7 heteroatoms. The minimum absolute atomic E-state index is 0.0171. The van der Waals surface area contributed by atoms with Crippen molar-refractivity contribution in [2.45, 2.75) is 106 Å². The summed E-state index contributed by atoms with van der Waals surface area (Å²) < 4.78 is 6.23. The van der Waals surface area contributed by atoms with E-state index < -0.39 is 22.8 Å². The maximum atomic E-state index is 13.4. The summed E-state index contributed by atoms with van der Waals surface area (Å²) in [6, 6.07) is 4.61. The number of phenols is 1. The number of aromatic hydroxyl groups is 1. The second-order valence-corrected chi connectivity index (χ2v) is 17.3. The Bertz CT molecular complexity index is 1520. The Balaban J connectivity index is 1.42. The third-order valence-corrected chi connectivity index (χ3v) is 14.4. The predicted molar refractivity (Wildman–Crippen MR) is 179 cm³/mol. The minimum Gasteiger partial charge on any atom is -0.508 e. The van der Waals surface area contributed by atoms with Crippen molar-refractivity contribution in [2.75, 3.05) is 12.3 Å². The fourth-order valence-corrected chi connectivity index (χ4v) is 11.6. The van der Waals surface area contributed by atoms with Crippen LogP contribution in [0, 0.1) is 50.2 Å². The fraction of sp³-hybridized carbons (Fsp3) is 0.667. The van der Waals surface area contributed by atoms with E-state index >= 15 is 0 Å². The molecule has 4 saturated carbocycles. The Morgan fingerprint density at radius 3 is 2.43 bits per heavy atom. The highest BCUT2D eigenvalue weighted by atomic mass is 16.5. The van der Waals surface area contributed by atoms with E-state index in [1.165, 1.54) is 23.8 Å². The van der Waals surface area contributed by atoms with Gasteiger partial charge in [-0.3, -0.25) is 9.59 Å². The van der Waals surface area contributed by atoms with Crippen molar-refractivity contribution in [1.82, 2.24) is 0 Å². The van der Waals surface area contributed by atoms with Crippen molar-refractivity contribution in [2.24, 2.45) is 50.2 Å². The SMILES string of the molecule is CC1(C)CC[C@]2(C(=O)O)CC[C@]3(COC(=O)/C=C/c4cc(O)ccc4N)C(=CC[C@@H]4[C@@]5(C)CCC(=O)C(C)(C)[C@@H]5CC[C@]43C)[C@@H]2C1. The Labute approximate surface area is 274 Å². The molecule has 0 bridgehead atoms. The topological polar surface area (TPSA) is 127 Å². The number of aliphatic carboxylic acids is 1. The van der Waals surface area contributed by atoms with Crippen LogP contribution in [0.2, 0.25) is 0 Å². The monoisotopic (exact) mass is 631 g/mol. The van der Waals surface area contributed by atoms with Crippen molar-refractivity contribution >= 4 is 29.5 Å². The first-order valence-electron chi connectivity index (χ1n) is 17.3. The number of carboxylic acids is 1. The third-order valence-electron chi connectivity index (χ3n) is 14.4. The molecule has 46 heavy (non-hydrogen) atoms.